The molecule has 0 amide bonds. The Morgan fingerprint density at radius 1 is 1.42 bits per heavy atom. The van der Waals surface area contributed by atoms with E-state index in [1.54, 1.807) is 12.3 Å². The highest BCUT2D eigenvalue weighted by molar-refractivity contribution is 5.73. The Kier molecular flexibility index (Phi) is 4.77. The molecule has 2 atom stereocenters. The van der Waals surface area contributed by atoms with Crippen LogP contribution in [0.2, 0.25) is 0 Å². The maximum Gasteiger partial charge on any atom is 0.226 e. The van der Waals surface area contributed by atoms with Gasteiger partial charge in [0.25, 0.3) is 0 Å². The van der Waals surface area contributed by atoms with Crippen LogP contribution in [0.1, 0.15) is 23.7 Å². The van der Waals surface area contributed by atoms with Gasteiger partial charge in [-0.15, -0.1) is 0 Å². The number of ether oxygens (including phenoxy) is 1. The van der Waals surface area contributed by atoms with Crippen LogP contribution in [-0.4, -0.2) is 38.0 Å². The van der Waals surface area contributed by atoms with Gasteiger partial charge in [0.1, 0.15) is 17.4 Å². The SMILES string of the molecule is Cc1cc(-c2cnc(=NCc3c(F)ccc4c3CCO4)n3c2NC([C@H](C)N)C3)n(C)n1. The summed E-state index contributed by atoms with van der Waals surface area (Å²) in [6, 6.07) is 5.16. The lowest BCUT2D eigenvalue weighted by molar-refractivity contribution is 0.356. The first-order valence-electron chi connectivity index (χ1n) is 10.5. The molecule has 0 saturated heterocycles. The van der Waals surface area contributed by atoms with E-state index in [2.05, 4.69) is 15.4 Å². The number of fused-ring (bicyclic) bond motifs is 2. The van der Waals surface area contributed by atoms with E-state index in [1.165, 1.54) is 6.07 Å². The largest absolute Gasteiger partial charge is 0.493 e. The molecular formula is C22H26FN7O. The van der Waals surface area contributed by atoms with Gasteiger partial charge in [-0.2, -0.15) is 5.10 Å². The molecule has 162 valence electrons. The first-order valence-corrected chi connectivity index (χ1v) is 10.5. The number of anilines is 1. The van der Waals surface area contributed by atoms with Gasteiger partial charge in [-0.05, 0) is 32.0 Å². The molecule has 2 aromatic heterocycles. The molecule has 0 spiro atoms. The first-order chi connectivity index (χ1) is 14.9. The number of nitrogens with zero attached hydrogens (tertiary/aromatic N) is 5. The van der Waals surface area contributed by atoms with Crippen molar-refractivity contribution in [3.05, 3.63) is 52.7 Å². The van der Waals surface area contributed by atoms with Crippen LogP contribution in [0.5, 0.6) is 5.75 Å². The fourth-order valence-corrected chi connectivity index (χ4v) is 4.36. The average Bonchev–Trinajstić information content (AvgIpc) is 3.45. The quantitative estimate of drug-likeness (QED) is 0.668. The first kappa shape index (κ1) is 19.7. The molecule has 1 unspecified atom stereocenters. The zero-order valence-electron chi connectivity index (χ0n) is 17.9. The summed E-state index contributed by atoms with van der Waals surface area (Å²) in [6.45, 7) is 5.36. The molecule has 0 radical (unpaired) electrons. The summed E-state index contributed by atoms with van der Waals surface area (Å²) in [5.41, 5.74) is 11.0. The molecule has 0 bridgehead atoms. The number of nitrogens with one attached hydrogen (secondary N) is 1. The van der Waals surface area contributed by atoms with Gasteiger partial charge in [0.05, 0.1) is 36.1 Å². The molecule has 8 nitrogen and oxygen atoms in total. The number of rotatable bonds is 4. The fraction of sp³-hybridized carbons (Fsp3) is 0.409. The second kappa shape index (κ2) is 7.49. The van der Waals surface area contributed by atoms with Gasteiger partial charge in [0, 0.05) is 43.4 Å². The maximum absolute atomic E-state index is 14.5. The van der Waals surface area contributed by atoms with E-state index >= 15 is 0 Å². The third-order valence-electron chi connectivity index (χ3n) is 6.01. The molecule has 31 heavy (non-hydrogen) atoms. The minimum atomic E-state index is -0.261. The van der Waals surface area contributed by atoms with Crippen molar-refractivity contribution >= 4 is 5.82 Å². The van der Waals surface area contributed by atoms with Crippen LogP contribution in [0, 0.1) is 12.7 Å². The Bertz CT molecular complexity index is 1230. The number of benzene rings is 1. The van der Waals surface area contributed by atoms with E-state index in [1.807, 2.05) is 36.2 Å². The Morgan fingerprint density at radius 3 is 3.00 bits per heavy atom. The van der Waals surface area contributed by atoms with Crippen molar-refractivity contribution in [2.45, 2.75) is 45.4 Å². The van der Waals surface area contributed by atoms with Crippen LogP contribution in [0.3, 0.4) is 0 Å². The highest BCUT2D eigenvalue weighted by Gasteiger charge is 2.28. The molecule has 4 heterocycles. The minimum absolute atomic E-state index is 0.0531. The lowest BCUT2D eigenvalue weighted by Crippen LogP contribution is -2.37. The highest BCUT2D eigenvalue weighted by atomic mass is 19.1. The van der Waals surface area contributed by atoms with Crippen molar-refractivity contribution in [3.8, 4) is 17.0 Å². The number of nitrogens with two attached hydrogens (primary N) is 1. The molecule has 5 rings (SSSR count). The van der Waals surface area contributed by atoms with Gasteiger partial charge in [-0.25, -0.2) is 14.4 Å². The third kappa shape index (κ3) is 3.38. The smallest absolute Gasteiger partial charge is 0.226 e. The summed E-state index contributed by atoms with van der Waals surface area (Å²) in [4.78, 5) is 9.33. The van der Waals surface area contributed by atoms with Crippen molar-refractivity contribution < 1.29 is 9.13 Å². The zero-order valence-corrected chi connectivity index (χ0v) is 17.9. The van der Waals surface area contributed by atoms with Crippen molar-refractivity contribution in [1.82, 2.24) is 19.3 Å². The molecule has 2 aliphatic heterocycles. The van der Waals surface area contributed by atoms with Crippen LogP contribution in [0.25, 0.3) is 11.3 Å². The van der Waals surface area contributed by atoms with Crippen molar-refractivity contribution in [3.63, 3.8) is 0 Å². The summed E-state index contributed by atoms with van der Waals surface area (Å²) in [7, 11) is 1.91. The Labute approximate surface area is 179 Å². The van der Waals surface area contributed by atoms with Gasteiger partial charge in [0.15, 0.2) is 0 Å². The molecule has 3 aromatic rings. The van der Waals surface area contributed by atoms with E-state index < -0.39 is 0 Å². The maximum atomic E-state index is 14.5. The third-order valence-corrected chi connectivity index (χ3v) is 6.01. The van der Waals surface area contributed by atoms with E-state index in [0.29, 0.717) is 30.8 Å². The predicted octanol–water partition coefficient (Wildman–Crippen LogP) is 1.91. The molecule has 0 fully saturated rings. The molecular weight excluding hydrogens is 397 g/mol. The van der Waals surface area contributed by atoms with E-state index in [9.17, 15) is 4.39 Å². The van der Waals surface area contributed by atoms with Crippen LogP contribution < -0.4 is 21.4 Å². The number of hydrogen-bond acceptors (Lipinski definition) is 6. The number of aryl methyl sites for hydroxylation is 2. The summed E-state index contributed by atoms with van der Waals surface area (Å²) in [5.74, 6) is 1.39. The summed E-state index contributed by atoms with van der Waals surface area (Å²) in [5, 5.41) is 7.99. The van der Waals surface area contributed by atoms with Gasteiger partial charge < -0.3 is 15.8 Å². The summed E-state index contributed by atoms with van der Waals surface area (Å²) >= 11 is 0. The Balaban J connectivity index is 1.59. The molecule has 1 aromatic carbocycles. The van der Waals surface area contributed by atoms with Crippen LogP contribution in [0.15, 0.2) is 29.4 Å². The lowest BCUT2D eigenvalue weighted by Gasteiger charge is -2.14. The Hall–Kier alpha value is -3.20. The predicted molar refractivity (Wildman–Crippen MR) is 115 cm³/mol. The van der Waals surface area contributed by atoms with E-state index in [0.717, 1.165) is 34.1 Å². The molecule has 2 aliphatic rings. The summed E-state index contributed by atoms with van der Waals surface area (Å²) in [6.07, 6.45) is 2.50. The van der Waals surface area contributed by atoms with Crippen LogP contribution in [-0.2, 0) is 26.6 Å². The lowest BCUT2D eigenvalue weighted by atomic mass is 10.0. The molecule has 0 saturated carbocycles. The topological polar surface area (TPSA) is 95.3 Å². The van der Waals surface area contributed by atoms with Crippen molar-refractivity contribution in [2.75, 3.05) is 11.9 Å². The molecule has 3 N–H and O–H groups in total. The van der Waals surface area contributed by atoms with Crippen LogP contribution in [0.4, 0.5) is 10.2 Å². The monoisotopic (exact) mass is 423 g/mol. The minimum Gasteiger partial charge on any atom is -0.493 e. The van der Waals surface area contributed by atoms with Gasteiger partial charge >= 0.3 is 0 Å². The highest BCUT2D eigenvalue weighted by Crippen LogP contribution is 2.32. The number of hydrogen-bond donors (Lipinski definition) is 2. The van der Waals surface area contributed by atoms with Gasteiger partial charge in [0.2, 0.25) is 5.62 Å². The van der Waals surface area contributed by atoms with Gasteiger partial charge in [-0.3, -0.25) is 9.25 Å². The van der Waals surface area contributed by atoms with Crippen molar-refractivity contribution in [1.29, 1.82) is 0 Å². The standard InChI is InChI=1S/C22H26FN7O/c1-12-8-19(29(3)28-12)16-10-26-22(30-11-18(13(2)24)27-21(16)30)25-9-15-14-6-7-31-20(14)5-4-17(15)23/h4-5,8,10,13,18,27H,6-7,9,11,24H2,1-3H3/t13-,18?/m0/s1. The average molecular weight is 423 g/mol. The summed E-state index contributed by atoms with van der Waals surface area (Å²) < 4.78 is 24.0. The fourth-order valence-electron chi connectivity index (χ4n) is 4.36. The van der Waals surface area contributed by atoms with E-state index in [-0.39, 0.29) is 24.4 Å². The molecule has 9 heteroatoms. The second-order valence-corrected chi connectivity index (χ2v) is 8.25. The zero-order chi connectivity index (χ0) is 21.7. The van der Waals surface area contributed by atoms with Gasteiger partial charge in [-0.1, -0.05) is 0 Å². The number of halogens is 1. The van der Waals surface area contributed by atoms with Crippen LogP contribution >= 0.6 is 0 Å². The van der Waals surface area contributed by atoms with Crippen molar-refractivity contribution in [2.24, 2.45) is 17.8 Å². The van der Waals surface area contributed by atoms with E-state index in [4.69, 9.17) is 15.5 Å². The number of aromatic nitrogens is 4. The molecule has 0 aliphatic carbocycles. The normalized spacial score (nSPS) is 18.5. The Morgan fingerprint density at radius 2 is 2.26 bits per heavy atom. The second-order valence-electron chi connectivity index (χ2n) is 8.25.